The van der Waals surface area contributed by atoms with Crippen molar-refractivity contribution in [2.45, 2.75) is 4.90 Å². The van der Waals surface area contributed by atoms with Crippen molar-refractivity contribution in [1.29, 1.82) is 0 Å². The van der Waals surface area contributed by atoms with Gasteiger partial charge < -0.3 is 4.90 Å². The number of hydrogen-bond acceptors (Lipinski definition) is 3. The lowest BCUT2D eigenvalue weighted by Crippen LogP contribution is -2.37. The van der Waals surface area contributed by atoms with Gasteiger partial charge in [-0.15, -0.1) is 0 Å². The Morgan fingerprint density at radius 2 is 1.69 bits per heavy atom. The van der Waals surface area contributed by atoms with E-state index in [1.54, 1.807) is 0 Å². The molecule has 32 heavy (non-hydrogen) atoms. The highest BCUT2D eigenvalue weighted by Gasteiger charge is 2.24. The zero-order valence-electron chi connectivity index (χ0n) is 17.6. The second kappa shape index (κ2) is 7.70. The first-order valence-corrected chi connectivity index (χ1v) is 11.3. The molecule has 5 heteroatoms. The Kier molecular flexibility index (Phi) is 4.55. The Balaban J connectivity index is 1.61. The maximum Gasteiger partial charge on any atom is 0.293 e. The van der Waals surface area contributed by atoms with E-state index in [4.69, 9.17) is 0 Å². The summed E-state index contributed by atoms with van der Waals surface area (Å²) in [5.41, 5.74) is 4.70. The summed E-state index contributed by atoms with van der Waals surface area (Å²) in [6.07, 6.45) is 7.96. The van der Waals surface area contributed by atoms with Gasteiger partial charge >= 0.3 is 0 Å². The van der Waals surface area contributed by atoms with Crippen LogP contribution in [0.15, 0.2) is 114 Å². The van der Waals surface area contributed by atoms with Crippen LogP contribution in [0.4, 0.5) is 5.69 Å². The van der Waals surface area contributed by atoms with Gasteiger partial charge in [-0.05, 0) is 42.0 Å². The molecule has 0 fully saturated rings. The second-order valence-electron chi connectivity index (χ2n) is 7.73. The van der Waals surface area contributed by atoms with Crippen LogP contribution >= 0.6 is 11.8 Å². The standard InChI is InChI=1S/C27H21N4S/c1-29-24-13-7-8-14-25(24)32-27(29)18-20-17-26(30-16-15-28-19-30)31(21-9-3-2-4-10-21)23-12-6-5-11-22(20)23/h2-19H,1H3/q+1. The minimum atomic E-state index is 1.04. The fourth-order valence-corrected chi connectivity index (χ4v) is 5.35. The third-order valence-electron chi connectivity index (χ3n) is 5.80. The molecular weight excluding hydrogens is 412 g/mol. The SMILES string of the molecule is CN1/C(=C/c2cc(-n3ccnc3)[n+](-c3ccccc3)c3ccccc23)Sc2ccccc21. The molecule has 0 spiro atoms. The number of nitrogens with zero attached hydrogens (tertiary/aromatic N) is 4. The number of pyridine rings is 1. The van der Waals surface area contributed by atoms with E-state index in [1.165, 1.54) is 26.6 Å². The van der Waals surface area contributed by atoms with E-state index in [1.807, 2.05) is 36.5 Å². The maximum absolute atomic E-state index is 4.31. The molecule has 0 atom stereocenters. The predicted molar refractivity (Wildman–Crippen MR) is 131 cm³/mol. The lowest BCUT2D eigenvalue weighted by molar-refractivity contribution is -0.561. The van der Waals surface area contributed by atoms with Gasteiger partial charge in [0, 0.05) is 23.4 Å². The molecule has 0 bridgehead atoms. The molecule has 0 aliphatic carbocycles. The quantitative estimate of drug-likeness (QED) is 0.334. The van der Waals surface area contributed by atoms with Crippen molar-refractivity contribution in [2.24, 2.45) is 0 Å². The Bertz CT molecular complexity index is 1460. The highest BCUT2D eigenvalue weighted by Crippen LogP contribution is 2.45. The molecule has 5 aromatic rings. The van der Waals surface area contributed by atoms with Gasteiger partial charge in [-0.1, -0.05) is 60.3 Å². The van der Waals surface area contributed by atoms with Crippen molar-refractivity contribution in [2.75, 3.05) is 11.9 Å². The summed E-state index contributed by atoms with van der Waals surface area (Å²) in [4.78, 5) is 7.86. The summed E-state index contributed by atoms with van der Waals surface area (Å²) < 4.78 is 4.36. The van der Waals surface area contributed by atoms with E-state index in [0.29, 0.717) is 0 Å². The van der Waals surface area contributed by atoms with Crippen LogP contribution in [0.2, 0.25) is 0 Å². The molecular formula is C27H21N4S+. The smallest absolute Gasteiger partial charge is 0.293 e. The monoisotopic (exact) mass is 433 g/mol. The molecule has 1 aliphatic rings. The summed E-state index contributed by atoms with van der Waals surface area (Å²) in [5, 5.41) is 2.42. The molecule has 2 aromatic heterocycles. The average molecular weight is 434 g/mol. The lowest BCUT2D eigenvalue weighted by atomic mass is 10.1. The van der Waals surface area contributed by atoms with Crippen LogP contribution in [0.3, 0.4) is 0 Å². The van der Waals surface area contributed by atoms with E-state index in [2.05, 4.69) is 111 Å². The van der Waals surface area contributed by atoms with Crippen LogP contribution < -0.4 is 9.47 Å². The summed E-state index contributed by atoms with van der Waals surface area (Å²) >= 11 is 1.81. The lowest BCUT2D eigenvalue weighted by Gasteiger charge is -2.15. The van der Waals surface area contributed by atoms with Crippen LogP contribution in [0.1, 0.15) is 5.56 Å². The summed E-state index contributed by atoms with van der Waals surface area (Å²) in [6.45, 7) is 0. The van der Waals surface area contributed by atoms with Crippen LogP contribution in [-0.4, -0.2) is 16.6 Å². The molecule has 1 aliphatic heterocycles. The van der Waals surface area contributed by atoms with Gasteiger partial charge in [0.15, 0.2) is 6.33 Å². The number of fused-ring (bicyclic) bond motifs is 2. The van der Waals surface area contributed by atoms with Crippen molar-refractivity contribution in [3.05, 3.63) is 114 Å². The number of anilines is 1. The molecule has 0 N–H and O–H groups in total. The fraction of sp³-hybridized carbons (Fsp3) is 0.0370. The Morgan fingerprint density at radius 3 is 2.50 bits per heavy atom. The highest BCUT2D eigenvalue weighted by molar-refractivity contribution is 8.03. The zero-order valence-corrected chi connectivity index (χ0v) is 18.4. The van der Waals surface area contributed by atoms with Crippen LogP contribution in [0.25, 0.3) is 28.5 Å². The Hall–Kier alpha value is -3.83. The number of rotatable bonds is 3. The van der Waals surface area contributed by atoms with Crippen molar-refractivity contribution in [1.82, 2.24) is 9.55 Å². The number of benzene rings is 3. The minimum Gasteiger partial charge on any atom is -0.338 e. The van der Waals surface area contributed by atoms with Crippen molar-refractivity contribution >= 4 is 34.4 Å². The van der Waals surface area contributed by atoms with Gasteiger partial charge in [0.2, 0.25) is 0 Å². The van der Waals surface area contributed by atoms with E-state index in [-0.39, 0.29) is 0 Å². The van der Waals surface area contributed by atoms with Crippen molar-refractivity contribution in [3.8, 4) is 11.5 Å². The molecule has 0 amide bonds. The first-order chi connectivity index (χ1) is 15.8. The molecule has 4 nitrogen and oxygen atoms in total. The summed E-state index contributed by atoms with van der Waals surface area (Å²) in [5.74, 6) is 1.04. The predicted octanol–water partition coefficient (Wildman–Crippen LogP) is 5.84. The van der Waals surface area contributed by atoms with Crippen LogP contribution in [0.5, 0.6) is 0 Å². The number of para-hydroxylation sites is 3. The first kappa shape index (κ1) is 18.9. The number of aromatic nitrogens is 3. The van der Waals surface area contributed by atoms with Crippen LogP contribution in [0, 0.1) is 0 Å². The Morgan fingerprint density at radius 1 is 0.906 bits per heavy atom. The van der Waals surface area contributed by atoms with Crippen molar-refractivity contribution in [3.63, 3.8) is 0 Å². The first-order valence-electron chi connectivity index (χ1n) is 10.5. The number of thioether (sulfide) groups is 1. The summed E-state index contributed by atoms with van der Waals surface area (Å²) in [6, 6.07) is 29.9. The summed E-state index contributed by atoms with van der Waals surface area (Å²) in [7, 11) is 2.14. The Labute approximate surface area is 191 Å². The minimum absolute atomic E-state index is 1.04. The average Bonchev–Trinajstić information content (AvgIpc) is 3.48. The van der Waals surface area contributed by atoms with Crippen molar-refractivity contribution < 1.29 is 4.57 Å². The maximum atomic E-state index is 4.31. The number of hydrogen-bond donors (Lipinski definition) is 0. The third kappa shape index (κ3) is 3.10. The largest absolute Gasteiger partial charge is 0.338 e. The molecule has 3 aromatic carbocycles. The molecule has 6 rings (SSSR count). The van der Waals surface area contributed by atoms with E-state index in [9.17, 15) is 0 Å². The van der Waals surface area contributed by atoms with Crippen LogP contribution in [-0.2, 0) is 0 Å². The van der Waals surface area contributed by atoms with Gasteiger partial charge in [0.05, 0.1) is 16.9 Å². The molecule has 0 saturated carbocycles. The fourth-order valence-electron chi connectivity index (χ4n) is 4.25. The van der Waals surface area contributed by atoms with Gasteiger partial charge in [0.1, 0.15) is 17.4 Å². The van der Waals surface area contributed by atoms with Gasteiger partial charge in [-0.25, -0.2) is 4.98 Å². The third-order valence-corrected chi connectivity index (χ3v) is 6.97. The van der Waals surface area contributed by atoms with Gasteiger partial charge in [0.25, 0.3) is 5.82 Å². The molecule has 3 heterocycles. The number of imidazole rings is 1. The van der Waals surface area contributed by atoms with E-state index in [0.717, 1.165) is 17.0 Å². The molecule has 0 unspecified atom stereocenters. The van der Waals surface area contributed by atoms with E-state index >= 15 is 0 Å². The second-order valence-corrected chi connectivity index (χ2v) is 8.79. The highest BCUT2D eigenvalue weighted by atomic mass is 32.2. The molecule has 0 saturated heterocycles. The zero-order chi connectivity index (χ0) is 21.5. The topological polar surface area (TPSA) is 24.9 Å². The van der Waals surface area contributed by atoms with Gasteiger partial charge in [-0.2, -0.15) is 9.13 Å². The molecule has 154 valence electrons. The molecule has 0 radical (unpaired) electrons. The van der Waals surface area contributed by atoms with Gasteiger partial charge in [-0.3, -0.25) is 0 Å². The van der Waals surface area contributed by atoms with E-state index < -0.39 is 0 Å². The normalized spacial score (nSPS) is 14.3.